The van der Waals surface area contributed by atoms with Crippen molar-refractivity contribution in [2.75, 3.05) is 18.1 Å². The first kappa shape index (κ1) is 14.4. The Hall–Kier alpha value is -0.630. The third-order valence-electron chi connectivity index (χ3n) is 3.20. The van der Waals surface area contributed by atoms with E-state index in [2.05, 4.69) is 43.4 Å². The molecule has 1 N–H and O–H groups in total. The molecule has 0 saturated heterocycles. The molecule has 0 amide bonds. The maximum absolute atomic E-state index is 3.14. The molecule has 0 aromatic heterocycles. The van der Waals surface area contributed by atoms with Crippen LogP contribution in [0.1, 0.15) is 39.5 Å². The highest BCUT2D eigenvalue weighted by molar-refractivity contribution is 7.99. The van der Waals surface area contributed by atoms with Crippen molar-refractivity contribution in [3.05, 3.63) is 24.3 Å². The number of rotatable bonds is 8. The Morgan fingerprint density at radius 3 is 2.47 bits per heavy atom. The van der Waals surface area contributed by atoms with Gasteiger partial charge in [0, 0.05) is 17.6 Å². The number of thioether (sulfide) groups is 1. The Balaban J connectivity index is 2.13. The van der Waals surface area contributed by atoms with E-state index < -0.39 is 0 Å². The molecule has 1 aromatic rings. The lowest BCUT2D eigenvalue weighted by Crippen LogP contribution is -1.92. The van der Waals surface area contributed by atoms with Crippen LogP contribution in [0.2, 0.25) is 0 Å². The van der Waals surface area contributed by atoms with E-state index in [0.29, 0.717) is 0 Å². The molecule has 1 atom stereocenters. The number of anilines is 1. The van der Waals surface area contributed by atoms with E-state index in [9.17, 15) is 0 Å². The zero-order chi connectivity index (χ0) is 12.5. The molecule has 0 saturated carbocycles. The van der Waals surface area contributed by atoms with Crippen LogP contribution in [0.5, 0.6) is 0 Å². The molecule has 1 nitrogen and oxygen atoms in total. The summed E-state index contributed by atoms with van der Waals surface area (Å²) in [5.74, 6) is 2.14. The minimum atomic E-state index is 0.898. The first-order valence-electron chi connectivity index (χ1n) is 6.67. The van der Waals surface area contributed by atoms with Crippen LogP contribution < -0.4 is 5.32 Å². The lowest BCUT2D eigenvalue weighted by molar-refractivity contribution is 0.493. The van der Waals surface area contributed by atoms with Crippen molar-refractivity contribution >= 4 is 17.4 Å². The highest BCUT2D eigenvalue weighted by atomic mass is 32.2. The van der Waals surface area contributed by atoms with Crippen LogP contribution >= 0.6 is 11.8 Å². The Kier molecular flexibility index (Phi) is 7.18. The van der Waals surface area contributed by atoms with Crippen LogP contribution in [0.25, 0.3) is 0 Å². The molecule has 0 spiro atoms. The summed E-state index contributed by atoms with van der Waals surface area (Å²) in [4.78, 5) is 1.38. The molecule has 0 aliphatic rings. The van der Waals surface area contributed by atoms with Gasteiger partial charge in [-0.1, -0.05) is 33.1 Å². The van der Waals surface area contributed by atoms with Crippen LogP contribution in [-0.4, -0.2) is 12.8 Å². The first-order chi connectivity index (χ1) is 8.26. The zero-order valence-electron chi connectivity index (χ0n) is 11.3. The number of hydrogen-bond acceptors (Lipinski definition) is 2. The van der Waals surface area contributed by atoms with E-state index in [1.165, 1.54) is 42.0 Å². The fourth-order valence-electron chi connectivity index (χ4n) is 1.71. The van der Waals surface area contributed by atoms with Crippen LogP contribution in [0.3, 0.4) is 0 Å². The number of hydrogen-bond donors (Lipinski definition) is 1. The molecule has 0 aliphatic heterocycles. The Morgan fingerprint density at radius 2 is 1.88 bits per heavy atom. The molecule has 1 aromatic carbocycles. The van der Waals surface area contributed by atoms with Gasteiger partial charge in [0.2, 0.25) is 0 Å². The van der Waals surface area contributed by atoms with E-state index in [1.54, 1.807) is 0 Å². The summed E-state index contributed by atoms with van der Waals surface area (Å²) in [7, 11) is 1.96. The van der Waals surface area contributed by atoms with Crippen LogP contribution in [0.4, 0.5) is 5.69 Å². The van der Waals surface area contributed by atoms with Crippen molar-refractivity contribution in [1.29, 1.82) is 0 Å². The molecular formula is C15H25NS. The Morgan fingerprint density at radius 1 is 1.18 bits per heavy atom. The van der Waals surface area contributed by atoms with Gasteiger partial charge in [-0.05, 0) is 42.4 Å². The highest BCUT2D eigenvalue weighted by Gasteiger charge is 1.99. The summed E-state index contributed by atoms with van der Waals surface area (Å²) in [6.45, 7) is 4.63. The van der Waals surface area contributed by atoms with Gasteiger partial charge in [0.25, 0.3) is 0 Å². The fraction of sp³-hybridized carbons (Fsp3) is 0.600. The maximum Gasteiger partial charge on any atom is 0.0338 e. The van der Waals surface area contributed by atoms with E-state index in [1.807, 2.05) is 18.8 Å². The van der Waals surface area contributed by atoms with Crippen molar-refractivity contribution in [2.24, 2.45) is 5.92 Å². The molecule has 2 heteroatoms. The van der Waals surface area contributed by atoms with Crippen LogP contribution in [0.15, 0.2) is 29.2 Å². The second-order valence-corrected chi connectivity index (χ2v) is 5.80. The van der Waals surface area contributed by atoms with E-state index >= 15 is 0 Å². The number of benzene rings is 1. The standard InChI is InChI=1S/C15H25NS/c1-4-13(2)7-5-6-12-17-15-10-8-14(16-3)9-11-15/h8-11,13,16H,4-7,12H2,1-3H3. The summed E-state index contributed by atoms with van der Waals surface area (Å²) < 4.78 is 0. The summed E-state index contributed by atoms with van der Waals surface area (Å²) in [6, 6.07) is 8.68. The predicted octanol–water partition coefficient (Wildman–Crippen LogP) is 5.04. The van der Waals surface area contributed by atoms with Crippen molar-refractivity contribution < 1.29 is 0 Å². The predicted molar refractivity (Wildman–Crippen MR) is 80.0 cm³/mol. The Labute approximate surface area is 110 Å². The monoisotopic (exact) mass is 251 g/mol. The number of nitrogens with one attached hydrogen (secondary N) is 1. The zero-order valence-corrected chi connectivity index (χ0v) is 12.1. The molecule has 1 unspecified atom stereocenters. The van der Waals surface area contributed by atoms with Gasteiger partial charge in [-0.25, -0.2) is 0 Å². The topological polar surface area (TPSA) is 12.0 Å². The quantitative estimate of drug-likeness (QED) is 0.513. The highest BCUT2D eigenvalue weighted by Crippen LogP contribution is 2.22. The van der Waals surface area contributed by atoms with Gasteiger partial charge >= 0.3 is 0 Å². The molecule has 0 fully saturated rings. The van der Waals surface area contributed by atoms with Crippen molar-refractivity contribution in [3.63, 3.8) is 0 Å². The second kappa shape index (κ2) is 8.46. The second-order valence-electron chi connectivity index (χ2n) is 4.63. The lowest BCUT2D eigenvalue weighted by Gasteiger charge is -2.07. The fourth-order valence-corrected chi connectivity index (χ4v) is 2.62. The van der Waals surface area contributed by atoms with Crippen molar-refractivity contribution in [3.8, 4) is 0 Å². The van der Waals surface area contributed by atoms with Crippen LogP contribution in [-0.2, 0) is 0 Å². The largest absolute Gasteiger partial charge is 0.388 e. The summed E-state index contributed by atoms with van der Waals surface area (Å²) >= 11 is 1.97. The Bertz CT molecular complexity index is 294. The molecule has 1 rings (SSSR count). The summed E-state index contributed by atoms with van der Waals surface area (Å²) in [5, 5.41) is 3.14. The molecule has 96 valence electrons. The average Bonchev–Trinajstić information content (AvgIpc) is 2.38. The normalized spacial score (nSPS) is 12.4. The van der Waals surface area contributed by atoms with Gasteiger partial charge in [0.1, 0.15) is 0 Å². The van der Waals surface area contributed by atoms with Gasteiger partial charge in [-0.3, -0.25) is 0 Å². The van der Waals surface area contributed by atoms with Crippen molar-refractivity contribution in [1.82, 2.24) is 0 Å². The lowest BCUT2D eigenvalue weighted by atomic mass is 10.0. The minimum Gasteiger partial charge on any atom is -0.388 e. The summed E-state index contributed by atoms with van der Waals surface area (Å²) in [5.41, 5.74) is 1.19. The minimum absolute atomic E-state index is 0.898. The van der Waals surface area contributed by atoms with Gasteiger partial charge in [-0.2, -0.15) is 0 Å². The van der Waals surface area contributed by atoms with Crippen molar-refractivity contribution in [2.45, 2.75) is 44.4 Å². The molecular weight excluding hydrogens is 226 g/mol. The van der Waals surface area contributed by atoms with Gasteiger partial charge in [-0.15, -0.1) is 11.8 Å². The van der Waals surface area contributed by atoms with E-state index in [4.69, 9.17) is 0 Å². The van der Waals surface area contributed by atoms with Gasteiger partial charge in [0.15, 0.2) is 0 Å². The first-order valence-corrected chi connectivity index (χ1v) is 7.65. The third kappa shape index (κ3) is 6.02. The molecule has 17 heavy (non-hydrogen) atoms. The smallest absolute Gasteiger partial charge is 0.0338 e. The summed E-state index contributed by atoms with van der Waals surface area (Å²) in [6.07, 6.45) is 5.41. The number of unbranched alkanes of at least 4 members (excludes halogenated alkanes) is 1. The molecule has 0 radical (unpaired) electrons. The van der Waals surface area contributed by atoms with Gasteiger partial charge in [0.05, 0.1) is 0 Å². The molecule has 0 bridgehead atoms. The average molecular weight is 251 g/mol. The van der Waals surface area contributed by atoms with Crippen LogP contribution in [0, 0.1) is 5.92 Å². The van der Waals surface area contributed by atoms with E-state index in [0.717, 1.165) is 5.92 Å². The molecule has 0 heterocycles. The maximum atomic E-state index is 3.14. The molecule has 0 aliphatic carbocycles. The van der Waals surface area contributed by atoms with Gasteiger partial charge < -0.3 is 5.32 Å². The van der Waals surface area contributed by atoms with E-state index in [-0.39, 0.29) is 0 Å². The third-order valence-corrected chi connectivity index (χ3v) is 4.30. The SMILES string of the molecule is CCC(C)CCCCSc1ccc(NC)cc1.